The Labute approximate surface area is 175 Å². The summed E-state index contributed by atoms with van der Waals surface area (Å²) in [6.07, 6.45) is 4.14. The molecule has 0 spiro atoms. The summed E-state index contributed by atoms with van der Waals surface area (Å²) in [7, 11) is 0. The molecule has 1 amide bonds. The zero-order chi connectivity index (χ0) is 20.3. The fourth-order valence-electron chi connectivity index (χ4n) is 3.40. The molecule has 1 atom stereocenters. The Balaban J connectivity index is 1.23. The lowest BCUT2D eigenvalue weighted by Gasteiger charge is -2.16. The van der Waals surface area contributed by atoms with Crippen LogP contribution in [0.4, 0.5) is 10.9 Å². The molecule has 0 radical (unpaired) electrons. The number of anilines is 2. The van der Waals surface area contributed by atoms with E-state index in [2.05, 4.69) is 35.6 Å². The minimum absolute atomic E-state index is 0.0224. The average Bonchev–Trinajstić information content (AvgIpc) is 3.44. The lowest BCUT2D eigenvalue weighted by atomic mass is 10.1. The lowest BCUT2D eigenvalue weighted by Crippen LogP contribution is -2.25. The number of aromatic nitrogens is 5. The van der Waals surface area contributed by atoms with E-state index in [1.807, 2.05) is 36.4 Å². The van der Waals surface area contributed by atoms with Crippen LogP contribution >= 0.6 is 11.3 Å². The van der Waals surface area contributed by atoms with Gasteiger partial charge < -0.3 is 9.64 Å². The van der Waals surface area contributed by atoms with Crippen LogP contribution in [0, 0.1) is 0 Å². The second-order valence-electron chi connectivity index (χ2n) is 6.76. The highest BCUT2D eigenvalue weighted by molar-refractivity contribution is 7.17. The number of nitrogens with zero attached hydrogens (tertiary/aromatic N) is 6. The molecule has 150 valence electrons. The van der Waals surface area contributed by atoms with Crippen molar-refractivity contribution < 1.29 is 9.53 Å². The zero-order valence-electron chi connectivity index (χ0n) is 15.8. The van der Waals surface area contributed by atoms with Crippen molar-refractivity contribution in [3.8, 4) is 5.19 Å². The van der Waals surface area contributed by atoms with Gasteiger partial charge in [-0.3, -0.25) is 15.1 Å². The number of para-hydroxylation sites is 1. The molecule has 0 aliphatic carbocycles. The predicted molar refractivity (Wildman–Crippen MR) is 113 cm³/mol. The fourth-order valence-corrected chi connectivity index (χ4v) is 4.05. The smallest absolute Gasteiger partial charge is 0.296 e. The Morgan fingerprint density at radius 3 is 2.90 bits per heavy atom. The summed E-state index contributed by atoms with van der Waals surface area (Å²) >= 11 is 1.20. The van der Waals surface area contributed by atoms with Gasteiger partial charge in [-0.25, -0.2) is 0 Å². The monoisotopic (exact) mass is 419 g/mol. The van der Waals surface area contributed by atoms with E-state index in [1.165, 1.54) is 11.3 Å². The van der Waals surface area contributed by atoms with E-state index in [9.17, 15) is 4.79 Å². The van der Waals surface area contributed by atoms with E-state index in [4.69, 9.17) is 4.74 Å². The molecule has 1 aromatic carbocycles. The van der Waals surface area contributed by atoms with Crippen molar-refractivity contribution in [1.29, 1.82) is 0 Å². The van der Waals surface area contributed by atoms with Gasteiger partial charge in [0, 0.05) is 30.7 Å². The number of hydrogen-bond acceptors (Lipinski definition) is 9. The van der Waals surface area contributed by atoms with Crippen LogP contribution in [0.5, 0.6) is 5.19 Å². The molecule has 1 saturated heterocycles. The highest BCUT2D eigenvalue weighted by Gasteiger charge is 2.26. The maximum absolute atomic E-state index is 12.7. The molecule has 10 heteroatoms. The van der Waals surface area contributed by atoms with Crippen LogP contribution in [0.1, 0.15) is 16.8 Å². The molecule has 1 N–H and O–H groups in total. The number of ether oxygens (including phenoxy) is 1. The van der Waals surface area contributed by atoms with Gasteiger partial charge in [0.2, 0.25) is 5.13 Å². The van der Waals surface area contributed by atoms with Crippen LogP contribution in [0.15, 0.2) is 54.9 Å². The second kappa shape index (κ2) is 7.99. The van der Waals surface area contributed by atoms with Crippen molar-refractivity contribution in [2.75, 3.05) is 23.3 Å². The van der Waals surface area contributed by atoms with Crippen molar-refractivity contribution in [1.82, 2.24) is 25.4 Å². The summed E-state index contributed by atoms with van der Waals surface area (Å²) in [5.41, 5.74) is 1.13. The Morgan fingerprint density at radius 2 is 2.00 bits per heavy atom. The number of fused-ring (bicyclic) bond motifs is 1. The standard InChI is InChI=1S/C20H17N7O2S/c28-18(15-6-1-4-13-5-2-9-21-17(13)15)23-19-25-26-20(30-19)29-14-8-11-27(12-14)16-7-3-10-22-24-16/h1-7,9-10,14H,8,11-12H2,(H,23,25,28)/t14-/m1/s1. The fraction of sp³-hybridized carbons (Fsp3) is 0.200. The van der Waals surface area contributed by atoms with Gasteiger partial charge in [-0.05, 0) is 35.6 Å². The number of carbonyl (C=O) groups excluding carboxylic acids is 1. The maximum atomic E-state index is 12.7. The number of carbonyl (C=O) groups is 1. The van der Waals surface area contributed by atoms with Crippen LogP contribution in [0.25, 0.3) is 10.9 Å². The van der Waals surface area contributed by atoms with E-state index in [0.29, 0.717) is 28.0 Å². The maximum Gasteiger partial charge on any atom is 0.296 e. The number of amides is 1. The van der Waals surface area contributed by atoms with Gasteiger partial charge in [-0.15, -0.1) is 10.2 Å². The van der Waals surface area contributed by atoms with E-state index in [-0.39, 0.29) is 12.0 Å². The minimum atomic E-state index is -0.281. The summed E-state index contributed by atoms with van der Waals surface area (Å²) in [4.78, 5) is 19.1. The largest absolute Gasteiger partial charge is 0.464 e. The third-order valence-electron chi connectivity index (χ3n) is 4.80. The molecule has 30 heavy (non-hydrogen) atoms. The first-order valence-electron chi connectivity index (χ1n) is 9.44. The average molecular weight is 419 g/mol. The minimum Gasteiger partial charge on any atom is -0.464 e. The van der Waals surface area contributed by atoms with Crippen molar-refractivity contribution >= 4 is 39.1 Å². The molecule has 1 aliphatic heterocycles. The molecule has 9 nitrogen and oxygen atoms in total. The van der Waals surface area contributed by atoms with Gasteiger partial charge >= 0.3 is 0 Å². The number of nitrogens with one attached hydrogen (secondary N) is 1. The second-order valence-corrected chi connectivity index (χ2v) is 7.70. The highest BCUT2D eigenvalue weighted by atomic mass is 32.1. The van der Waals surface area contributed by atoms with Crippen molar-refractivity contribution in [3.63, 3.8) is 0 Å². The van der Waals surface area contributed by atoms with Crippen LogP contribution in [-0.4, -0.2) is 50.5 Å². The number of rotatable bonds is 5. The normalized spacial score (nSPS) is 16.0. The molecule has 1 aliphatic rings. The lowest BCUT2D eigenvalue weighted by molar-refractivity contribution is 0.102. The molecular weight excluding hydrogens is 402 g/mol. The third-order valence-corrected chi connectivity index (χ3v) is 5.53. The van der Waals surface area contributed by atoms with Gasteiger partial charge in [-0.1, -0.05) is 23.3 Å². The quantitative estimate of drug-likeness (QED) is 0.526. The van der Waals surface area contributed by atoms with Crippen LogP contribution in [0.3, 0.4) is 0 Å². The Kier molecular flexibility index (Phi) is 4.89. The highest BCUT2D eigenvalue weighted by Crippen LogP contribution is 2.27. The van der Waals surface area contributed by atoms with Crippen molar-refractivity contribution in [2.45, 2.75) is 12.5 Å². The van der Waals surface area contributed by atoms with E-state index < -0.39 is 0 Å². The van der Waals surface area contributed by atoms with Gasteiger partial charge in [0.15, 0.2) is 5.82 Å². The van der Waals surface area contributed by atoms with Crippen LogP contribution < -0.4 is 15.0 Å². The molecule has 5 rings (SSSR count). The summed E-state index contributed by atoms with van der Waals surface area (Å²) in [6.45, 7) is 1.53. The molecule has 0 bridgehead atoms. The van der Waals surface area contributed by atoms with Crippen molar-refractivity contribution in [2.24, 2.45) is 0 Å². The van der Waals surface area contributed by atoms with E-state index in [0.717, 1.165) is 24.2 Å². The van der Waals surface area contributed by atoms with Gasteiger partial charge in [0.25, 0.3) is 11.1 Å². The Hall–Kier alpha value is -3.66. The van der Waals surface area contributed by atoms with Gasteiger partial charge in [0.1, 0.15) is 6.10 Å². The first-order valence-corrected chi connectivity index (χ1v) is 10.3. The molecule has 4 aromatic rings. The number of hydrogen-bond donors (Lipinski definition) is 1. The first-order chi connectivity index (χ1) is 14.8. The summed E-state index contributed by atoms with van der Waals surface area (Å²) in [6, 6.07) is 13.0. The predicted octanol–water partition coefficient (Wildman–Crippen LogP) is 2.79. The summed E-state index contributed by atoms with van der Waals surface area (Å²) < 4.78 is 5.96. The summed E-state index contributed by atoms with van der Waals surface area (Å²) in [5.74, 6) is 0.550. The number of pyridine rings is 1. The van der Waals surface area contributed by atoms with Crippen LogP contribution in [-0.2, 0) is 0 Å². The van der Waals surface area contributed by atoms with E-state index >= 15 is 0 Å². The molecule has 0 saturated carbocycles. The SMILES string of the molecule is O=C(Nc1nnc(O[C@@H]2CCN(c3cccnn3)C2)s1)c1cccc2cccnc12. The van der Waals surface area contributed by atoms with E-state index in [1.54, 1.807) is 18.5 Å². The zero-order valence-corrected chi connectivity index (χ0v) is 16.6. The van der Waals surface area contributed by atoms with Crippen molar-refractivity contribution in [3.05, 3.63) is 60.4 Å². The molecular formula is C20H17N7O2S. The molecule has 0 unspecified atom stereocenters. The Bertz CT molecular complexity index is 1180. The first kappa shape index (κ1) is 18.4. The van der Waals surface area contributed by atoms with Gasteiger partial charge in [-0.2, -0.15) is 5.10 Å². The molecule has 3 aromatic heterocycles. The third kappa shape index (κ3) is 3.77. The Morgan fingerprint density at radius 1 is 1.10 bits per heavy atom. The molecule has 4 heterocycles. The van der Waals surface area contributed by atoms with Gasteiger partial charge in [0.05, 0.1) is 17.6 Å². The summed E-state index contributed by atoms with van der Waals surface area (Å²) in [5, 5.41) is 20.6. The topological polar surface area (TPSA) is 106 Å². The number of benzene rings is 1. The van der Waals surface area contributed by atoms with Crippen LogP contribution in [0.2, 0.25) is 0 Å². The molecule has 1 fully saturated rings.